The lowest BCUT2D eigenvalue weighted by molar-refractivity contribution is 0.0968. The maximum Gasteiger partial charge on any atom is 0.339 e. The van der Waals surface area contributed by atoms with Crippen LogP contribution in [0.4, 0.5) is 0 Å². The number of halogens is 1. The fourth-order valence-electron chi connectivity index (χ4n) is 4.54. The highest BCUT2D eigenvalue weighted by Gasteiger charge is 2.27. The molecule has 0 saturated heterocycles. The van der Waals surface area contributed by atoms with E-state index in [-0.39, 0.29) is 5.63 Å². The molecular formula is C24H24ClNO4. The Balaban J connectivity index is 1.45. The summed E-state index contributed by atoms with van der Waals surface area (Å²) < 4.78 is 17.0. The average Bonchev–Trinajstić information content (AvgIpc) is 2.79. The molecule has 5 nitrogen and oxygen atoms in total. The molecule has 3 aromatic rings. The number of rotatable bonds is 4. The zero-order chi connectivity index (χ0) is 20.7. The first-order valence-corrected chi connectivity index (χ1v) is 10.8. The van der Waals surface area contributed by atoms with Gasteiger partial charge in [0.1, 0.15) is 23.8 Å². The Morgan fingerprint density at radius 2 is 1.87 bits per heavy atom. The number of nitrogens with zero attached hydrogens (tertiary/aromatic N) is 1. The fraction of sp³-hybridized carbons (Fsp3) is 0.375. The van der Waals surface area contributed by atoms with Crippen LogP contribution in [0.5, 0.6) is 11.5 Å². The third-order valence-electron chi connectivity index (χ3n) is 6.16. The lowest BCUT2D eigenvalue weighted by Gasteiger charge is -2.30. The predicted octanol–water partition coefficient (Wildman–Crippen LogP) is 4.73. The van der Waals surface area contributed by atoms with Gasteiger partial charge < -0.3 is 13.9 Å². The maximum atomic E-state index is 12.6. The van der Waals surface area contributed by atoms with Gasteiger partial charge in [-0.1, -0.05) is 23.7 Å². The molecule has 0 fully saturated rings. The van der Waals surface area contributed by atoms with Crippen LogP contribution in [0, 0.1) is 0 Å². The summed E-state index contributed by atoms with van der Waals surface area (Å²) in [6, 6.07) is 10.0. The molecule has 0 amide bonds. The van der Waals surface area contributed by atoms with Crippen molar-refractivity contribution in [3.8, 4) is 11.5 Å². The molecule has 0 N–H and O–H groups in total. The summed E-state index contributed by atoms with van der Waals surface area (Å²) >= 11 is 6.58. The molecule has 2 heterocycles. The number of fused-ring (bicyclic) bond motifs is 5. The molecule has 30 heavy (non-hydrogen) atoms. The number of aryl methyl sites for hydroxylation is 1. The lowest BCUT2D eigenvalue weighted by Crippen LogP contribution is -2.34. The van der Waals surface area contributed by atoms with Gasteiger partial charge in [-0.3, -0.25) is 4.90 Å². The normalized spacial score (nSPS) is 16.1. The molecule has 0 unspecified atom stereocenters. The fourth-order valence-corrected chi connectivity index (χ4v) is 4.82. The van der Waals surface area contributed by atoms with E-state index in [0.717, 1.165) is 66.5 Å². The Morgan fingerprint density at radius 3 is 2.63 bits per heavy atom. The highest BCUT2D eigenvalue weighted by molar-refractivity contribution is 6.33. The summed E-state index contributed by atoms with van der Waals surface area (Å²) in [5, 5.41) is 1.56. The molecule has 0 atom stereocenters. The molecule has 0 saturated carbocycles. The topological polar surface area (TPSA) is 51.9 Å². The standard InChI is InChI=1S/C24H24ClNO4/c1-28-16-8-6-15(7-9-16)10-11-26-13-20-22-19(12-21(25)23(20)29-14-26)17-4-2-3-5-18(17)24(27)30-22/h6-9,12H,2-5,10-11,13-14H2,1H3. The Labute approximate surface area is 180 Å². The molecule has 2 aliphatic rings. The van der Waals surface area contributed by atoms with Crippen molar-refractivity contribution in [1.29, 1.82) is 0 Å². The van der Waals surface area contributed by atoms with Gasteiger partial charge in [-0.15, -0.1) is 0 Å². The van der Waals surface area contributed by atoms with E-state index in [1.807, 2.05) is 18.2 Å². The number of hydrogen-bond acceptors (Lipinski definition) is 5. The summed E-state index contributed by atoms with van der Waals surface area (Å²) in [6.07, 6.45) is 4.69. The van der Waals surface area contributed by atoms with Crippen LogP contribution >= 0.6 is 11.6 Å². The van der Waals surface area contributed by atoms with E-state index in [1.54, 1.807) is 7.11 Å². The van der Waals surface area contributed by atoms with Crippen LogP contribution in [0.25, 0.3) is 11.0 Å². The van der Waals surface area contributed by atoms with Gasteiger partial charge in [0.2, 0.25) is 0 Å². The van der Waals surface area contributed by atoms with Crippen LogP contribution in [0.2, 0.25) is 5.02 Å². The van der Waals surface area contributed by atoms with Crippen molar-refractivity contribution in [2.75, 3.05) is 20.4 Å². The minimum Gasteiger partial charge on any atom is -0.497 e. The van der Waals surface area contributed by atoms with Gasteiger partial charge in [-0.2, -0.15) is 0 Å². The summed E-state index contributed by atoms with van der Waals surface area (Å²) in [5.41, 5.74) is 4.46. The van der Waals surface area contributed by atoms with Gasteiger partial charge in [0.05, 0.1) is 17.7 Å². The van der Waals surface area contributed by atoms with E-state index in [0.29, 0.717) is 29.6 Å². The van der Waals surface area contributed by atoms with Crippen LogP contribution in [-0.4, -0.2) is 25.3 Å². The average molecular weight is 426 g/mol. The predicted molar refractivity (Wildman–Crippen MR) is 117 cm³/mol. The van der Waals surface area contributed by atoms with E-state index < -0.39 is 0 Å². The van der Waals surface area contributed by atoms with Gasteiger partial charge in [-0.25, -0.2) is 4.79 Å². The van der Waals surface area contributed by atoms with Gasteiger partial charge in [0, 0.05) is 24.0 Å². The zero-order valence-corrected chi connectivity index (χ0v) is 17.8. The zero-order valence-electron chi connectivity index (χ0n) is 17.0. The van der Waals surface area contributed by atoms with Crippen LogP contribution < -0.4 is 15.1 Å². The van der Waals surface area contributed by atoms with Crippen LogP contribution in [-0.2, 0) is 25.8 Å². The molecule has 1 aromatic heterocycles. The van der Waals surface area contributed by atoms with Gasteiger partial charge in [-0.05, 0) is 61.4 Å². The summed E-state index contributed by atoms with van der Waals surface area (Å²) in [7, 11) is 1.67. The van der Waals surface area contributed by atoms with Crippen molar-refractivity contribution >= 4 is 22.6 Å². The molecule has 1 aliphatic heterocycles. The molecular weight excluding hydrogens is 402 g/mol. The van der Waals surface area contributed by atoms with Crippen molar-refractivity contribution in [2.45, 2.75) is 38.6 Å². The molecule has 6 heteroatoms. The summed E-state index contributed by atoms with van der Waals surface area (Å²) in [4.78, 5) is 14.8. The first kappa shape index (κ1) is 19.5. The second-order valence-corrected chi connectivity index (χ2v) is 8.43. The largest absolute Gasteiger partial charge is 0.497 e. The molecule has 156 valence electrons. The molecule has 0 radical (unpaired) electrons. The molecule has 0 bridgehead atoms. The van der Waals surface area contributed by atoms with Gasteiger partial charge in [0.25, 0.3) is 0 Å². The first-order valence-electron chi connectivity index (χ1n) is 10.4. The van der Waals surface area contributed by atoms with E-state index in [9.17, 15) is 4.79 Å². The van der Waals surface area contributed by atoms with Crippen LogP contribution in [0.1, 0.15) is 35.1 Å². The quantitative estimate of drug-likeness (QED) is 0.566. The number of methoxy groups -OCH3 is 1. The van der Waals surface area contributed by atoms with Crippen molar-refractivity contribution in [2.24, 2.45) is 0 Å². The number of ether oxygens (including phenoxy) is 2. The summed E-state index contributed by atoms with van der Waals surface area (Å²) in [6.45, 7) is 1.93. The van der Waals surface area contributed by atoms with Crippen molar-refractivity contribution in [1.82, 2.24) is 4.90 Å². The number of benzene rings is 2. The third kappa shape index (κ3) is 3.46. The van der Waals surface area contributed by atoms with Crippen molar-refractivity contribution < 1.29 is 13.9 Å². The molecule has 2 aromatic carbocycles. The maximum absolute atomic E-state index is 12.6. The Kier molecular flexibility index (Phi) is 5.17. The minimum atomic E-state index is -0.211. The van der Waals surface area contributed by atoms with Gasteiger partial charge in [0.15, 0.2) is 0 Å². The van der Waals surface area contributed by atoms with Crippen molar-refractivity contribution in [3.63, 3.8) is 0 Å². The second-order valence-electron chi connectivity index (χ2n) is 8.02. The second kappa shape index (κ2) is 7.97. The van der Waals surface area contributed by atoms with E-state index in [2.05, 4.69) is 17.0 Å². The highest BCUT2D eigenvalue weighted by Crippen LogP contribution is 2.40. The highest BCUT2D eigenvalue weighted by atomic mass is 35.5. The molecule has 5 rings (SSSR count). The monoisotopic (exact) mass is 425 g/mol. The first-order chi connectivity index (χ1) is 14.6. The Morgan fingerprint density at radius 1 is 1.10 bits per heavy atom. The van der Waals surface area contributed by atoms with Crippen molar-refractivity contribution in [3.05, 3.63) is 68.0 Å². The SMILES string of the molecule is COc1ccc(CCN2COc3c(Cl)cc4c5c(c(=O)oc4c3C2)CCCC5)cc1. The van der Waals surface area contributed by atoms with Gasteiger partial charge >= 0.3 is 5.63 Å². The van der Waals surface area contributed by atoms with E-state index >= 15 is 0 Å². The molecule has 1 aliphatic carbocycles. The minimum absolute atomic E-state index is 0.211. The summed E-state index contributed by atoms with van der Waals surface area (Å²) in [5.74, 6) is 1.50. The van der Waals surface area contributed by atoms with E-state index in [4.69, 9.17) is 25.5 Å². The lowest BCUT2D eigenvalue weighted by atomic mass is 9.90. The Hall–Kier alpha value is -2.50. The Bertz CT molecular complexity index is 1150. The number of hydrogen-bond donors (Lipinski definition) is 0. The van der Waals surface area contributed by atoms with Crippen LogP contribution in [0.3, 0.4) is 0 Å². The third-order valence-corrected chi connectivity index (χ3v) is 6.44. The molecule has 0 spiro atoms. The van der Waals surface area contributed by atoms with Crippen LogP contribution in [0.15, 0.2) is 39.5 Å². The smallest absolute Gasteiger partial charge is 0.339 e. The van der Waals surface area contributed by atoms with E-state index in [1.165, 1.54) is 5.56 Å².